The van der Waals surface area contributed by atoms with E-state index in [0.717, 1.165) is 0 Å². The van der Waals surface area contributed by atoms with E-state index in [4.69, 9.17) is 27.9 Å². The van der Waals surface area contributed by atoms with E-state index >= 15 is 0 Å². The molecule has 0 radical (unpaired) electrons. The van der Waals surface area contributed by atoms with Gasteiger partial charge in [0.2, 0.25) is 0 Å². The minimum Gasteiger partial charge on any atom is -0.505 e. The zero-order valence-electron chi connectivity index (χ0n) is 20.1. The first-order valence-corrected chi connectivity index (χ1v) is 13.3. The van der Waals surface area contributed by atoms with E-state index in [1.807, 2.05) is 0 Å². The van der Waals surface area contributed by atoms with Crippen LogP contribution in [0.2, 0.25) is 10.0 Å². The smallest absolute Gasteiger partial charge is 0.296 e. The molecule has 1 amide bonds. The Morgan fingerprint density at radius 1 is 1.05 bits per heavy atom. The quantitative estimate of drug-likeness (QED) is 0.156. The third-order valence-corrected chi connectivity index (χ3v) is 7.23. The number of ether oxygens (including phenoxy) is 1. The molecule has 0 saturated heterocycles. The molecule has 196 valence electrons. The van der Waals surface area contributed by atoms with Crippen LogP contribution in [0.4, 0.5) is 17.1 Å². The summed E-state index contributed by atoms with van der Waals surface area (Å²) in [6, 6.07) is 15.8. The Morgan fingerprint density at radius 3 is 2.47 bits per heavy atom. The number of amides is 1. The molecule has 0 unspecified atom stereocenters. The number of phenolic OH excluding ortho intramolecular Hbond substituents is 1. The number of phenols is 1. The summed E-state index contributed by atoms with van der Waals surface area (Å²) >= 11 is 12.3. The lowest BCUT2D eigenvalue weighted by Gasteiger charge is -2.12. The highest BCUT2D eigenvalue weighted by Gasteiger charge is 2.21. The van der Waals surface area contributed by atoms with Crippen LogP contribution in [0.1, 0.15) is 22.8 Å². The monoisotopic (exact) mass is 573 g/mol. The summed E-state index contributed by atoms with van der Waals surface area (Å²) in [6.45, 7) is 1.79. The molecule has 0 heterocycles. The van der Waals surface area contributed by atoms with Gasteiger partial charge in [-0.25, -0.2) is 0 Å². The maximum Gasteiger partial charge on any atom is 0.296 e. The van der Waals surface area contributed by atoms with Crippen LogP contribution in [-0.2, 0) is 16.5 Å². The second kappa shape index (κ2) is 11.0. The Bertz CT molecular complexity index is 1710. The Labute approximate surface area is 228 Å². The number of nitrogens with one attached hydrogen (secondary N) is 1. The van der Waals surface area contributed by atoms with Gasteiger partial charge in [0, 0.05) is 22.2 Å². The van der Waals surface area contributed by atoms with Gasteiger partial charge in [-0.1, -0.05) is 54.4 Å². The fourth-order valence-electron chi connectivity index (χ4n) is 3.75. The number of carbonyl (C=O) groups excluding carboxylic acids is 1. The molecule has 12 heteroatoms. The van der Waals surface area contributed by atoms with Crippen molar-refractivity contribution < 1.29 is 27.6 Å². The van der Waals surface area contributed by atoms with Crippen molar-refractivity contribution in [3.05, 3.63) is 81.8 Å². The van der Waals surface area contributed by atoms with Crippen LogP contribution in [0, 0.1) is 0 Å². The standard InChI is InChI=1S/C26H21Cl2N3O6S/c1-3-14-8-21(23(28)22(9-14)38(34,35)36)30-31-24-19-7-5-4-6-15(19)10-20(25(24)32)26(33)29-17-11-16(27)12-18(13-17)37-2/h4-13,32H,3H2,1-2H3,(H,29,33)(H,34,35,36). The number of azo groups is 1. The summed E-state index contributed by atoms with van der Waals surface area (Å²) in [5.74, 6) is -0.675. The van der Waals surface area contributed by atoms with Crippen LogP contribution in [-0.4, -0.2) is 31.1 Å². The van der Waals surface area contributed by atoms with Crippen LogP contribution >= 0.6 is 23.2 Å². The number of aromatic hydroxyl groups is 1. The summed E-state index contributed by atoms with van der Waals surface area (Å²) in [5.41, 5.74) is 0.709. The maximum absolute atomic E-state index is 13.2. The van der Waals surface area contributed by atoms with Gasteiger partial charge in [0.05, 0.1) is 17.7 Å². The van der Waals surface area contributed by atoms with Crippen molar-refractivity contribution in [1.29, 1.82) is 0 Å². The highest BCUT2D eigenvalue weighted by molar-refractivity contribution is 7.86. The van der Waals surface area contributed by atoms with Crippen molar-refractivity contribution in [2.45, 2.75) is 18.2 Å². The molecule has 38 heavy (non-hydrogen) atoms. The third kappa shape index (κ3) is 5.73. The molecule has 0 bridgehead atoms. The van der Waals surface area contributed by atoms with Crippen LogP contribution in [0.15, 0.2) is 75.8 Å². The van der Waals surface area contributed by atoms with Gasteiger partial charge in [-0.15, -0.1) is 10.2 Å². The largest absolute Gasteiger partial charge is 0.505 e. The first-order valence-electron chi connectivity index (χ1n) is 11.1. The van der Waals surface area contributed by atoms with Gasteiger partial charge < -0.3 is 15.2 Å². The molecular formula is C26H21Cl2N3O6S. The van der Waals surface area contributed by atoms with Crippen molar-refractivity contribution >= 4 is 67.1 Å². The molecular weight excluding hydrogens is 553 g/mol. The number of rotatable bonds is 7. The molecule has 0 aromatic heterocycles. The van der Waals surface area contributed by atoms with E-state index in [0.29, 0.717) is 39.2 Å². The van der Waals surface area contributed by atoms with Crippen molar-refractivity contribution in [1.82, 2.24) is 0 Å². The van der Waals surface area contributed by atoms with Crippen LogP contribution in [0.5, 0.6) is 11.5 Å². The van der Waals surface area contributed by atoms with E-state index in [1.165, 1.54) is 31.4 Å². The van der Waals surface area contributed by atoms with Gasteiger partial charge in [0.25, 0.3) is 16.0 Å². The van der Waals surface area contributed by atoms with Gasteiger partial charge in [-0.2, -0.15) is 8.42 Å². The van der Waals surface area contributed by atoms with Gasteiger partial charge in [-0.3, -0.25) is 9.35 Å². The van der Waals surface area contributed by atoms with Crippen LogP contribution < -0.4 is 10.1 Å². The first kappa shape index (κ1) is 27.3. The second-order valence-electron chi connectivity index (χ2n) is 8.13. The Kier molecular flexibility index (Phi) is 7.89. The highest BCUT2D eigenvalue weighted by atomic mass is 35.5. The number of halogens is 2. The number of fused-ring (bicyclic) bond motifs is 1. The van der Waals surface area contributed by atoms with E-state index in [2.05, 4.69) is 15.5 Å². The van der Waals surface area contributed by atoms with Gasteiger partial charge in [0.15, 0.2) is 5.75 Å². The third-order valence-electron chi connectivity index (χ3n) is 5.63. The summed E-state index contributed by atoms with van der Waals surface area (Å²) < 4.78 is 38.4. The minimum atomic E-state index is -4.62. The Hall–Kier alpha value is -3.70. The topological polar surface area (TPSA) is 138 Å². The highest BCUT2D eigenvalue weighted by Crippen LogP contribution is 2.41. The average molecular weight is 574 g/mol. The van der Waals surface area contributed by atoms with E-state index in [1.54, 1.807) is 43.3 Å². The number of benzene rings is 4. The summed E-state index contributed by atoms with van der Waals surface area (Å²) in [6.07, 6.45) is 0.431. The van der Waals surface area contributed by atoms with Gasteiger partial charge >= 0.3 is 0 Å². The Morgan fingerprint density at radius 2 is 1.79 bits per heavy atom. The molecule has 4 rings (SSSR count). The average Bonchev–Trinajstić information content (AvgIpc) is 2.87. The molecule has 0 aliphatic heterocycles. The van der Waals surface area contributed by atoms with Crippen LogP contribution in [0.3, 0.4) is 0 Å². The number of carbonyl (C=O) groups is 1. The molecule has 0 saturated carbocycles. The maximum atomic E-state index is 13.2. The normalized spacial score (nSPS) is 11.7. The zero-order valence-corrected chi connectivity index (χ0v) is 22.4. The number of anilines is 1. The Balaban J connectivity index is 1.82. The lowest BCUT2D eigenvalue weighted by atomic mass is 10.0. The number of methoxy groups -OCH3 is 1. The fourth-order valence-corrected chi connectivity index (χ4v) is 5.05. The number of hydrogen-bond donors (Lipinski definition) is 3. The molecule has 0 aliphatic carbocycles. The molecule has 0 spiro atoms. The minimum absolute atomic E-state index is 0.0386. The second-order valence-corrected chi connectivity index (χ2v) is 10.3. The molecule has 3 N–H and O–H groups in total. The van der Waals surface area contributed by atoms with Crippen molar-refractivity contribution in [3.8, 4) is 11.5 Å². The van der Waals surface area contributed by atoms with E-state index in [-0.39, 0.29) is 22.0 Å². The van der Waals surface area contributed by atoms with E-state index < -0.39 is 26.7 Å². The molecule has 4 aromatic rings. The summed E-state index contributed by atoms with van der Waals surface area (Å²) in [5, 5.41) is 23.1. The predicted octanol–water partition coefficient (Wildman–Crippen LogP) is 7.34. The molecule has 0 fully saturated rings. The van der Waals surface area contributed by atoms with Crippen LogP contribution in [0.25, 0.3) is 10.8 Å². The number of hydrogen-bond acceptors (Lipinski definition) is 7. The summed E-state index contributed by atoms with van der Waals surface area (Å²) in [7, 11) is -3.16. The SMILES string of the molecule is CCc1cc(N=Nc2c(O)c(C(=O)Nc3cc(Cl)cc(OC)c3)cc3ccccc23)c(Cl)c(S(=O)(=O)O)c1. The molecule has 9 nitrogen and oxygen atoms in total. The molecule has 0 aliphatic rings. The number of nitrogens with zero attached hydrogens (tertiary/aromatic N) is 2. The van der Waals surface area contributed by atoms with Gasteiger partial charge in [-0.05, 0) is 47.7 Å². The number of aryl methyl sites for hydroxylation is 1. The first-order chi connectivity index (χ1) is 18.0. The van der Waals surface area contributed by atoms with E-state index in [9.17, 15) is 22.9 Å². The lowest BCUT2D eigenvalue weighted by Crippen LogP contribution is -2.12. The van der Waals surface area contributed by atoms with Crippen molar-refractivity contribution in [3.63, 3.8) is 0 Å². The summed E-state index contributed by atoms with van der Waals surface area (Å²) in [4.78, 5) is 12.7. The fraction of sp³-hybridized carbons (Fsp3) is 0.115. The van der Waals surface area contributed by atoms with Crippen molar-refractivity contribution in [2.24, 2.45) is 10.2 Å². The molecule has 0 atom stereocenters. The van der Waals surface area contributed by atoms with Gasteiger partial charge in [0.1, 0.15) is 22.0 Å². The zero-order chi connectivity index (χ0) is 27.6. The lowest BCUT2D eigenvalue weighted by molar-refractivity contribution is 0.102. The predicted molar refractivity (Wildman–Crippen MR) is 146 cm³/mol. The molecule has 4 aromatic carbocycles. The van der Waals surface area contributed by atoms with Crippen molar-refractivity contribution in [2.75, 3.05) is 12.4 Å².